The van der Waals surface area contributed by atoms with E-state index in [4.69, 9.17) is 13.9 Å². The summed E-state index contributed by atoms with van der Waals surface area (Å²) in [7, 11) is 0. The molecule has 0 aliphatic heterocycles. The molecule has 51 heavy (non-hydrogen) atoms. The van der Waals surface area contributed by atoms with Gasteiger partial charge in [0, 0.05) is 30.2 Å². The predicted octanol–water partition coefficient (Wildman–Crippen LogP) is 10.9. The first-order valence-corrected chi connectivity index (χ1v) is 19.8. The normalized spacial score (nSPS) is 30.9. The molecule has 6 nitrogen and oxygen atoms in total. The van der Waals surface area contributed by atoms with Gasteiger partial charge in [-0.15, -0.1) is 0 Å². The zero-order chi connectivity index (χ0) is 35.9. The third-order valence-corrected chi connectivity index (χ3v) is 13.9. The van der Waals surface area contributed by atoms with Crippen molar-refractivity contribution in [3.8, 4) is 22.8 Å². The lowest BCUT2D eigenvalue weighted by atomic mass is 9.44. The zero-order valence-corrected chi connectivity index (χ0v) is 31.4. The summed E-state index contributed by atoms with van der Waals surface area (Å²) < 4.78 is 17.8. The number of phenols is 1. The fourth-order valence-corrected chi connectivity index (χ4v) is 11.0. The fourth-order valence-electron chi connectivity index (χ4n) is 11.0. The third kappa shape index (κ3) is 7.26. The minimum absolute atomic E-state index is 0.0789. The highest BCUT2D eigenvalue weighted by molar-refractivity contribution is 5.86. The molecule has 3 fully saturated rings. The number of benzene rings is 2. The molecule has 2 aromatic carbocycles. The molecular formula is C45H58O6. The molecule has 0 amide bonds. The Balaban J connectivity index is 0.956. The monoisotopic (exact) mass is 694 g/mol. The van der Waals surface area contributed by atoms with Crippen LogP contribution in [-0.2, 0) is 9.53 Å². The SMILES string of the molecule is CC(C)CCCC(C)C1CCC2C3CC=C4CC(OC(=O)COc5cc(O)c6c(=O)cc(-c7ccccc7)oc6c5)CC[C@]4(C)C3CC[C@]2(C)C1. The summed E-state index contributed by atoms with van der Waals surface area (Å²) >= 11 is 0. The standard InChI is InChI=1S/C45H58O6/c1-28(2)10-9-11-29(3)31-14-17-36-35-16-15-32-22-33(18-21-45(32,5)37(35)19-20-44(36,4)26-31)50-42(48)27-49-34-23-38(46)43-39(47)25-40(51-41(43)24-34)30-12-7-6-8-13-30/h6-8,12-13,15,23-25,28-29,31,33,35-37,46H,9-11,14,16-22,26-27H2,1-5H3/t29?,31?,33?,35?,36?,37?,44-,45+/m1/s1. The summed E-state index contributed by atoms with van der Waals surface area (Å²) in [5.74, 6) is 4.80. The van der Waals surface area contributed by atoms with Crippen LogP contribution in [0.2, 0.25) is 0 Å². The topological polar surface area (TPSA) is 86.0 Å². The van der Waals surface area contributed by atoms with Gasteiger partial charge in [0.1, 0.15) is 34.3 Å². The Kier molecular flexibility index (Phi) is 10.2. The van der Waals surface area contributed by atoms with Gasteiger partial charge in [0.15, 0.2) is 12.0 Å². The average molecular weight is 695 g/mol. The fraction of sp³-hybridized carbons (Fsp3) is 0.600. The van der Waals surface area contributed by atoms with Gasteiger partial charge in [-0.3, -0.25) is 4.79 Å². The number of ether oxygens (including phenoxy) is 2. The zero-order valence-electron chi connectivity index (χ0n) is 31.4. The molecule has 274 valence electrons. The van der Waals surface area contributed by atoms with Crippen LogP contribution in [-0.4, -0.2) is 23.8 Å². The largest absolute Gasteiger partial charge is 0.507 e. The number of hydrogen-bond acceptors (Lipinski definition) is 6. The minimum Gasteiger partial charge on any atom is -0.507 e. The molecule has 1 heterocycles. The van der Waals surface area contributed by atoms with E-state index in [2.05, 4.69) is 40.7 Å². The molecule has 7 rings (SSSR count). The molecule has 6 heteroatoms. The van der Waals surface area contributed by atoms with Crippen LogP contribution in [0.5, 0.6) is 11.5 Å². The molecule has 3 saturated carbocycles. The summed E-state index contributed by atoms with van der Waals surface area (Å²) in [6.07, 6.45) is 17.3. The molecule has 1 aromatic heterocycles. The van der Waals surface area contributed by atoms with Crippen molar-refractivity contribution in [2.75, 3.05) is 6.61 Å². The number of aromatic hydroxyl groups is 1. The number of hydrogen-bond donors (Lipinski definition) is 1. The maximum atomic E-state index is 13.0. The average Bonchev–Trinajstić information content (AvgIpc) is 3.10. The lowest BCUT2D eigenvalue weighted by Gasteiger charge is -2.61. The van der Waals surface area contributed by atoms with Crippen LogP contribution < -0.4 is 10.2 Å². The van der Waals surface area contributed by atoms with E-state index >= 15 is 0 Å². The van der Waals surface area contributed by atoms with E-state index in [9.17, 15) is 14.7 Å². The van der Waals surface area contributed by atoms with Crippen LogP contribution in [0.1, 0.15) is 112 Å². The molecule has 1 N–H and O–H groups in total. The minimum atomic E-state index is -0.430. The number of allylic oxidation sites excluding steroid dienone is 1. The van der Waals surface area contributed by atoms with Crippen LogP contribution in [0.4, 0.5) is 0 Å². The van der Waals surface area contributed by atoms with Crippen molar-refractivity contribution >= 4 is 16.9 Å². The maximum absolute atomic E-state index is 13.0. The Hall–Kier alpha value is -3.54. The highest BCUT2D eigenvalue weighted by atomic mass is 16.6. The molecule has 0 saturated heterocycles. The molecule has 0 radical (unpaired) electrons. The molecule has 4 aliphatic carbocycles. The quantitative estimate of drug-likeness (QED) is 0.168. The molecule has 8 atom stereocenters. The summed E-state index contributed by atoms with van der Waals surface area (Å²) in [6, 6.07) is 13.6. The second-order valence-corrected chi connectivity index (χ2v) is 17.6. The highest BCUT2D eigenvalue weighted by Gasteiger charge is 2.56. The van der Waals surface area contributed by atoms with Crippen LogP contribution in [0.3, 0.4) is 0 Å². The van der Waals surface area contributed by atoms with Crippen molar-refractivity contribution in [3.05, 3.63) is 70.4 Å². The van der Waals surface area contributed by atoms with E-state index in [-0.39, 0.29) is 46.0 Å². The van der Waals surface area contributed by atoms with Crippen molar-refractivity contribution in [2.24, 2.45) is 46.3 Å². The lowest BCUT2D eigenvalue weighted by Crippen LogP contribution is -2.52. The molecule has 0 spiro atoms. The van der Waals surface area contributed by atoms with E-state index < -0.39 is 5.97 Å². The Morgan fingerprint density at radius 2 is 1.78 bits per heavy atom. The van der Waals surface area contributed by atoms with Crippen LogP contribution in [0, 0.1) is 46.3 Å². The van der Waals surface area contributed by atoms with E-state index in [1.165, 1.54) is 75.5 Å². The summed E-state index contributed by atoms with van der Waals surface area (Å²) in [6.45, 7) is 12.1. The van der Waals surface area contributed by atoms with Crippen molar-refractivity contribution in [1.29, 1.82) is 0 Å². The second kappa shape index (κ2) is 14.5. The predicted molar refractivity (Wildman–Crippen MR) is 203 cm³/mol. The maximum Gasteiger partial charge on any atom is 0.344 e. The summed E-state index contributed by atoms with van der Waals surface area (Å²) in [5, 5.41) is 10.7. The van der Waals surface area contributed by atoms with Gasteiger partial charge in [0.2, 0.25) is 0 Å². The number of esters is 1. The Morgan fingerprint density at radius 3 is 2.57 bits per heavy atom. The van der Waals surface area contributed by atoms with Crippen LogP contribution in [0.25, 0.3) is 22.3 Å². The Labute approximate surface area is 304 Å². The number of carbonyl (C=O) groups is 1. The lowest BCUT2D eigenvalue weighted by molar-refractivity contribution is -0.154. The van der Waals surface area contributed by atoms with Gasteiger partial charge in [-0.1, -0.05) is 95.9 Å². The van der Waals surface area contributed by atoms with Gasteiger partial charge in [0.25, 0.3) is 0 Å². The van der Waals surface area contributed by atoms with Crippen molar-refractivity contribution in [2.45, 2.75) is 118 Å². The first kappa shape index (κ1) is 35.8. The molecule has 3 aromatic rings. The third-order valence-electron chi connectivity index (χ3n) is 13.9. The van der Waals surface area contributed by atoms with E-state index in [0.29, 0.717) is 11.2 Å². The van der Waals surface area contributed by atoms with Gasteiger partial charge in [-0.25, -0.2) is 4.79 Å². The smallest absolute Gasteiger partial charge is 0.344 e. The molecule has 0 bridgehead atoms. The molecule has 4 aliphatic rings. The van der Waals surface area contributed by atoms with E-state index in [1.807, 2.05) is 30.3 Å². The summed E-state index contributed by atoms with van der Waals surface area (Å²) in [4.78, 5) is 25.9. The van der Waals surface area contributed by atoms with Gasteiger partial charge < -0.3 is 19.0 Å². The highest BCUT2D eigenvalue weighted by Crippen LogP contribution is 2.65. The van der Waals surface area contributed by atoms with Crippen molar-refractivity contribution < 1.29 is 23.8 Å². The van der Waals surface area contributed by atoms with Gasteiger partial charge in [0.05, 0.1) is 0 Å². The van der Waals surface area contributed by atoms with Crippen LogP contribution >= 0.6 is 0 Å². The number of rotatable bonds is 10. The Bertz CT molecular complexity index is 1810. The molecular weight excluding hydrogens is 636 g/mol. The number of carbonyl (C=O) groups excluding carboxylic acids is 1. The number of fused-ring (bicyclic) bond motifs is 6. The van der Waals surface area contributed by atoms with Gasteiger partial charge in [-0.05, 0) is 97.7 Å². The van der Waals surface area contributed by atoms with E-state index in [1.54, 1.807) is 6.07 Å². The first-order chi connectivity index (χ1) is 24.4. The van der Waals surface area contributed by atoms with Crippen molar-refractivity contribution in [1.82, 2.24) is 0 Å². The second-order valence-electron chi connectivity index (χ2n) is 17.6. The summed E-state index contributed by atoms with van der Waals surface area (Å²) in [5.41, 5.74) is 2.76. The van der Waals surface area contributed by atoms with Gasteiger partial charge >= 0.3 is 5.97 Å². The van der Waals surface area contributed by atoms with Crippen molar-refractivity contribution in [3.63, 3.8) is 0 Å². The van der Waals surface area contributed by atoms with Crippen LogP contribution in [0.15, 0.2) is 69.4 Å². The van der Waals surface area contributed by atoms with E-state index in [0.717, 1.165) is 60.3 Å². The first-order valence-electron chi connectivity index (χ1n) is 19.8. The Morgan fingerprint density at radius 1 is 0.980 bits per heavy atom. The number of phenolic OH excluding ortho intramolecular Hbond substituents is 1. The molecule has 6 unspecified atom stereocenters. The van der Waals surface area contributed by atoms with Gasteiger partial charge in [-0.2, -0.15) is 0 Å².